The molecule has 0 aromatic heterocycles. The van der Waals surface area contributed by atoms with Gasteiger partial charge in [-0.05, 0) is 6.07 Å². The quantitative estimate of drug-likeness (QED) is 0.407. The molecule has 1 aromatic carbocycles. The molecule has 1 rings (SSSR count). The highest BCUT2D eigenvalue weighted by Crippen LogP contribution is 2.14. The molecule has 0 fully saturated rings. The van der Waals surface area contributed by atoms with Crippen molar-refractivity contribution in [2.45, 2.75) is 0 Å². The molecule has 0 aliphatic heterocycles. The maximum absolute atomic E-state index is 9.08. The van der Waals surface area contributed by atoms with Gasteiger partial charge in [-0.3, -0.25) is 0 Å². The molecule has 0 saturated heterocycles. The zero-order chi connectivity index (χ0) is 6.69. The number of quaternary nitrogens is 1. The molecule has 0 saturated carbocycles. The third kappa shape index (κ3) is 1.21. The van der Waals surface area contributed by atoms with E-state index < -0.39 is 0 Å². The molecule has 0 unspecified atom stereocenters. The Bertz CT molecular complexity index is 198. The monoisotopic (exact) mass is 124 g/mol. The molecule has 0 spiro atoms. The molecule has 0 aliphatic rings. The minimum absolute atomic E-state index is 0.347. The van der Waals surface area contributed by atoms with Crippen LogP contribution in [-0.4, -0.2) is 12.2 Å². The van der Waals surface area contributed by atoms with E-state index in [1.165, 1.54) is 0 Å². The number of rotatable bonds is 1. The summed E-state index contributed by atoms with van der Waals surface area (Å²) in [5.41, 5.74) is 0.887. The molecule has 0 amide bonds. The Labute approximate surface area is 54.1 Å². The molecule has 0 atom stereocenters. The van der Waals surface area contributed by atoms with Gasteiger partial charge in [0.1, 0.15) is 0 Å². The van der Waals surface area contributed by atoms with Gasteiger partial charge in [0.05, 0.1) is 7.05 Å². The number of hydrogen-bond acceptors (Lipinski definition) is 1. The van der Waals surface area contributed by atoms with Gasteiger partial charge in [0.15, 0.2) is 11.4 Å². The zero-order valence-corrected chi connectivity index (χ0v) is 5.33. The van der Waals surface area contributed by atoms with Crippen LogP contribution in [0.25, 0.3) is 0 Å². The molecule has 1 aromatic rings. The Kier molecular flexibility index (Phi) is 1.70. The molecule has 9 heavy (non-hydrogen) atoms. The number of phenolic OH excluding ortho intramolecular Hbond substituents is 1. The molecule has 0 radical (unpaired) electrons. The summed E-state index contributed by atoms with van der Waals surface area (Å²) >= 11 is 0. The molecule has 0 heterocycles. The number of nitrogens with two attached hydrogens (primary N) is 1. The molecule has 2 nitrogen and oxygen atoms in total. The first-order chi connectivity index (χ1) is 4.34. The highest BCUT2D eigenvalue weighted by atomic mass is 16.3. The summed E-state index contributed by atoms with van der Waals surface area (Å²) in [5, 5.41) is 10.9. The summed E-state index contributed by atoms with van der Waals surface area (Å²) in [6.45, 7) is 0. The van der Waals surface area contributed by atoms with Crippen LogP contribution in [-0.2, 0) is 0 Å². The lowest BCUT2D eigenvalue weighted by Gasteiger charge is -1.94. The van der Waals surface area contributed by atoms with Crippen molar-refractivity contribution in [3.8, 4) is 5.75 Å². The SMILES string of the molecule is C[NH2+]c1ccccc1O. The summed E-state index contributed by atoms with van der Waals surface area (Å²) in [7, 11) is 1.90. The lowest BCUT2D eigenvalue weighted by Crippen LogP contribution is -2.72. The van der Waals surface area contributed by atoms with Crippen molar-refractivity contribution < 1.29 is 10.4 Å². The van der Waals surface area contributed by atoms with Gasteiger partial charge in [0, 0.05) is 6.07 Å². The van der Waals surface area contributed by atoms with Gasteiger partial charge in [0.2, 0.25) is 0 Å². The predicted octanol–water partition coefficient (Wildman–Crippen LogP) is 0.217. The molecule has 0 aliphatic carbocycles. The highest BCUT2D eigenvalue weighted by molar-refractivity contribution is 5.43. The van der Waals surface area contributed by atoms with Crippen LogP contribution >= 0.6 is 0 Å². The fraction of sp³-hybridized carbons (Fsp3) is 0.143. The van der Waals surface area contributed by atoms with Crippen LogP contribution in [0.3, 0.4) is 0 Å². The summed E-state index contributed by atoms with van der Waals surface area (Å²) < 4.78 is 0. The largest absolute Gasteiger partial charge is 0.503 e. The Hall–Kier alpha value is -1.02. The van der Waals surface area contributed by atoms with Crippen molar-refractivity contribution in [1.82, 2.24) is 0 Å². The molecular weight excluding hydrogens is 114 g/mol. The van der Waals surface area contributed by atoms with Gasteiger partial charge in [-0.1, -0.05) is 12.1 Å². The number of benzene rings is 1. The van der Waals surface area contributed by atoms with Gasteiger partial charge in [0.25, 0.3) is 0 Å². The molecule has 0 bridgehead atoms. The summed E-state index contributed by atoms with van der Waals surface area (Å²) in [5.74, 6) is 0.347. The Balaban J connectivity index is 3.01. The van der Waals surface area contributed by atoms with E-state index in [9.17, 15) is 0 Å². The van der Waals surface area contributed by atoms with Crippen molar-refractivity contribution in [1.29, 1.82) is 0 Å². The first-order valence-corrected chi connectivity index (χ1v) is 2.92. The van der Waals surface area contributed by atoms with Crippen LogP contribution in [0.5, 0.6) is 5.75 Å². The number of aromatic hydroxyl groups is 1. The van der Waals surface area contributed by atoms with Crippen LogP contribution in [0.1, 0.15) is 0 Å². The lowest BCUT2D eigenvalue weighted by molar-refractivity contribution is -0.540. The summed E-state index contributed by atoms with van der Waals surface area (Å²) in [4.78, 5) is 0. The maximum atomic E-state index is 9.08. The third-order valence-corrected chi connectivity index (χ3v) is 1.25. The van der Waals surface area contributed by atoms with E-state index in [2.05, 4.69) is 0 Å². The van der Waals surface area contributed by atoms with Crippen LogP contribution in [0.15, 0.2) is 24.3 Å². The Morgan fingerprint density at radius 3 is 2.44 bits per heavy atom. The van der Waals surface area contributed by atoms with Gasteiger partial charge < -0.3 is 10.4 Å². The second-order valence-corrected chi connectivity index (χ2v) is 1.85. The fourth-order valence-corrected chi connectivity index (χ4v) is 0.732. The minimum atomic E-state index is 0.347. The maximum Gasteiger partial charge on any atom is 0.177 e. The van der Waals surface area contributed by atoms with Crippen molar-refractivity contribution in [2.24, 2.45) is 0 Å². The van der Waals surface area contributed by atoms with Gasteiger partial charge in [-0.2, -0.15) is 0 Å². The van der Waals surface area contributed by atoms with Crippen LogP contribution < -0.4 is 5.32 Å². The standard InChI is InChI=1S/C7H9NO/c1-8-6-4-2-3-5-7(6)9/h2-5,8-9H,1H3/p+1. The zero-order valence-electron chi connectivity index (χ0n) is 5.33. The van der Waals surface area contributed by atoms with E-state index in [0.717, 1.165) is 5.69 Å². The lowest BCUT2D eigenvalue weighted by atomic mass is 10.3. The van der Waals surface area contributed by atoms with E-state index in [1.807, 2.05) is 30.6 Å². The van der Waals surface area contributed by atoms with E-state index in [0.29, 0.717) is 5.75 Å². The molecule has 48 valence electrons. The molecule has 2 heteroatoms. The van der Waals surface area contributed by atoms with Gasteiger partial charge >= 0.3 is 0 Å². The molecular formula is C7H10NO+. The Morgan fingerprint density at radius 2 is 2.00 bits per heavy atom. The second kappa shape index (κ2) is 2.51. The third-order valence-electron chi connectivity index (χ3n) is 1.25. The first kappa shape index (κ1) is 6.11. The Morgan fingerprint density at radius 1 is 1.33 bits per heavy atom. The molecule has 3 N–H and O–H groups in total. The van der Waals surface area contributed by atoms with Crippen molar-refractivity contribution in [3.63, 3.8) is 0 Å². The van der Waals surface area contributed by atoms with E-state index in [-0.39, 0.29) is 0 Å². The van der Waals surface area contributed by atoms with Crippen molar-refractivity contribution in [3.05, 3.63) is 24.3 Å². The predicted molar refractivity (Wildman–Crippen MR) is 35.6 cm³/mol. The summed E-state index contributed by atoms with van der Waals surface area (Å²) in [6.07, 6.45) is 0. The van der Waals surface area contributed by atoms with Crippen molar-refractivity contribution >= 4 is 5.69 Å². The topological polar surface area (TPSA) is 36.8 Å². The first-order valence-electron chi connectivity index (χ1n) is 2.92. The van der Waals surface area contributed by atoms with E-state index in [1.54, 1.807) is 6.07 Å². The van der Waals surface area contributed by atoms with Crippen LogP contribution in [0, 0.1) is 0 Å². The second-order valence-electron chi connectivity index (χ2n) is 1.85. The van der Waals surface area contributed by atoms with Crippen molar-refractivity contribution in [2.75, 3.05) is 7.05 Å². The minimum Gasteiger partial charge on any atom is -0.503 e. The number of phenols is 1. The average molecular weight is 124 g/mol. The van der Waals surface area contributed by atoms with E-state index >= 15 is 0 Å². The normalized spacial score (nSPS) is 9.44. The average Bonchev–Trinajstić information content (AvgIpc) is 1.89. The van der Waals surface area contributed by atoms with Gasteiger partial charge in [-0.15, -0.1) is 0 Å². The van der Waals surface area contributed by atoms with Crippen LogP contribution in [0.4, 0.5) is 5.69 Å². The van der Waals surface area contributed by atoms with Crippen LogP contribution in [0.2, 0.25) is 0 Å². The smallest absolute Gasteiger partial charge is 0.177 e. The fourth-order valence-electron chi connectivity index (χ4n) is 0.732. The van der Waals surface area contributed by atoms with Gasteiger partial charge in [-0.25, -0.2) is 0 Å². The highest BCUT2D eigenvalue weighted by Gasteiger charge is 1.96. The van der Waals surface area contributed by atoms with E-state index in [4.69, 9.17) is 5.11 Å². The number of para-hydroxylation sites is 2. The summed E-state index contributed by atoms with van der Waals surface area (Å²) in [6, 6.07) is 7.25. The number of hydrogen-bond donors (Lipinski definition) is 2.